The van der Waals surface area contributed by atoms with Gasteiger partial charge in [0.2, 0.25) is 0 Å². The van der Waals surface area contributed by atoms with E-state index in [4.69, 9.17) is 0 Å². The van der Waals surface area contributed by atoms with Gasteiger partial charge in [-0.2, -0.15) is 0 Å². The molecule has 0 unspecified atom stereocenters. The lowest BCUT2D eigenvalue weighted by Gasteiger charge is -2.15. The Balaban J connectivity index is 2.09. The van der Waals surface area contributed by atoms with Crippen molar-refractivity contribution in [2.24, 2.45) is 0 Å². The number of rotatable bonds is 4. The van der Waals surface area contributed by atoms with Crippen LogP contribution in [-0.4, -0.2) is 17.6 Å². The van der Waals surface area contributed by atoms with E-state index in [9.17, 15) is 18.4 Å². The number of hydrogen-bond donors (Lipinski definition) is 0. The molecule has 0 bridgehead atoms. The summed E-state index contributed by atoms with van der Waals surface area (Å²) < 4.78 is 26.7. The van der Waals surface area contributed by atoms with Crippen molar-refractivity contribution in [1.29, 1.82) is 0 Å². The first-order valence-corrected chi connectivity index (χ1v) is 8.29. The molecule has 3 nitrogen and oxygen atoms in total. The highest BCUT2D eigenvalue weighted by Gasteiger charge is 2.40. The van der Waals surface area contributed by atoms with E-state index < -0.39 is 23.4 Å². The van der Waals surface area contributed by atoms with Crippen LogP contribution < -0.4 is 4.90 Å². The zero-order valence-corrected chi connectivity index (χ0v) is 13.6. The predicted octanol–water partition coefficient (Wildman–Crippen LogP) is 4.00. The van der Waals surface area contributed by atoms with Crippen molar-refractivity contribution in [1.82, 2.24) is 0 Å². The van der Waals surface area contributed by atoms with Gasteiger partial charge in [-0.1, -0.05) is 37.3 Å². The topological polar surface area (TPSA) is 37.4 Å². The fourth-order valence-corrected chi connectivity index (χ4v) is 3.36. The quantitative estimate of drug-likeness (QED) is 0.786. The number of thioether (sulfide) groups is 1. The van der Waals surface area contributed by atoms with Crippen molar-refractivity contribution in [2.75, 3.05) is 10.7 Å². The number of halogens is 2. The highest BCUT2D eigenvalue weighted by Crippen LogP contribution is 2.38. The number of imide groups is 1. The minimum Gasteiger partial charge on any atom is -0.268 e. The Bertz CT molecular complexity index is 849. The van der Waals surface area contributed by atoms with Gasteiger partial charge in [-0.3, -0.25) is 9.59 Å². The van der Waals surface area contributed by atoms with Crippen molar-refractivity contribution in [3.05, 3.63) is 70.6 Å². The lowest BCUT2D eigenvalue weighted by atomic mass is 10.1. The van der Waals surface area contributed by atoms with Gasteiger partial charge in [0, 0.05) is 6.07 Å². The lowest BCUT2D eigenvalue weighted by molar-refractivity contribution is -0.119. The molecule has 2 aromatic rings. The number of anilines is 1. The van der Waals surface area contributed by atoms with Crippen LogP contribution in [-0.2, 0) is 9.59 Å². The molecule has 3 rings (SSSR count). The average molecular weight is 345 g/mol. The molecule has 2 amide bonds. The van der Waals surface area contributed by atoms with Crippen molar-refractivity contribution in [3.8, 4) is 0 Å². The Morgan fingerprint density at radius 2 is 1.67 bits per heavy atom. The molecule has 0 saturated heterocycles. The van der Waals surface area contributed by atoms with Gasteiger partial charge in [0.1, 0.15) is 0 Å². The van der Waals surface area contributed by atoms with E-state index in [0.29, 0.717) is 16.2 Å². The van der Waals surface area contributed by atoms with Crippen molar-refractivity contribution >= 4 is 34.8 Å². The number of hydrogen-bond acceptors (Lipinski definition) is 3. The summed E-state index contributed by atoms with van der Waals surface area (Å²) >= 11 is 1.26. The third-order valence-corrected chi connectivity index (χ3v) is 4.51. The number of carbonyl (C=O) groups is 2. The molecule has 1 heterocycles. The molecule has 24 heavy (non-hydrogen) atoms. The molecule has 0 saturated carbocycles. The second kappa shape index (κ2) is 6.57. The standard InChI is InChI=1S/C18H13F2NO2S/c1-2-24-16-15(11-6-4-3-5-7-11)17(22)21(18(16)23)12-8-9-13(19)14(20)10-12/h3-10H,2H2,1H3. The summed E-state index contributed by atoms with van der Waals surface area (Å²) in [6, 6.07) is 11.8. The van der Waals surface area contributed by atoms with Crippen LogP contribution >= 0.6 is 11.8 Å². The summed E-state index contributed by atoms with van der Waals surface area (Å²) in [6.45, 7) is 1.87. The van der Waals surface area contributed by atoms with E-state index in [1.54, 1.807) is 24.3 Å². The minimum atomic E-state index is -1.11. The van der Waals surface area contributed by atoms with Gasteiger partial charge in [-0.15, -0.1) is 11.8 Å². The Morgan fingerprint density at radius 1 is 0.958 bits per heavy atom. The average Bonchev–Trinajstić information content (AvgIpc) is 2.82. The fraction of sp³-hybridized carbons (Fsp3) is 0.111. The highest BCUT2D eigenvalue weighted by molar-refractivity contribution is 8.04. The molecule has 122 valence electrons. The Hall–Kier alpha value is -2.47. The highest BCUT2D eigenvalue weighted by atomic mass is 32.2. The zero-order valence-electron chi connectivity index (χ0n) is 12.8. The second-order valence-electron chi connectivity index (χ2n) is 5.05. The second-order valence-corrected chi connectivity index (χ2v) is 6.32. The summed E-state index contributed by atoms with van der Waals surface area (Å²) in [5.74, 6) is -2.58. The summed E-state index contributed by atoms with van der Waals surface area (Å²) in [5.41, 5.74) is 0.929. The molecular formula is C18H13F2NO2S. The molecular weight excluding hydrogens is 332 g/mol. The van der Waals surface area contributed by atoms with E-state index in [0.717, 1.165) is 17.0 Å². The number of amides is 2. The van der Waals surface area contributed by atoms with E-state index in [-0.39, 0.29) is 11.3 Å². The molecule has 0 radical (unpaired) electrons. The van der Waals surface area contributed by atoms with Crippen LogP contribution in [0.25, 0.3) is 5.57 Å². The fourth-order valence-electron chi connectivity index (χ4n) is 2.51. The van der Waals surface area contributed by atoms with Crippen molar-refractivity contribution in [2.45, 2.75) is 6.92 Å². The van der Waals surface area contributed by atoms with Gasteiger partial charge in [-0.25, -0.2) is 13.7 Å². The van der Waals surface area contributed by atoms with Gasteiger partial charge in [-0.05, 0) is 23.4 Å². The van der Waals surface area contributed by atoms with Crippen LogP contribution in [0.1, 0.15) is 12.5 Å². The molecule has 2 aromatic carbocycles. The minimum absolute atomic E-state index is 0.0176. The van der Waals surface area contributed by atoms with Crippen LogP contribution in [0.2, 0.25) is 0 Å². The Morgan fingerprint density at radius 3 is 2.29 bits per heavy atom. The van der Waals surface area contributed by atoms with Gasteiger partial charge in [0.05, 0.1) is 16.2 Å². The van der Waals surface area contributed by atoms with Gasteiger partial charge < -0.3 is 0 Å². The van der Waals surface area contributed by atoms with E-state index in [1.165, 1.54) is 17.8 Å². The van der Waals surface area contributed by atoms with Crippen LogP contribution in [0, 0.1) is 11.6 Å². The third-order valence-electron chi connectivity index (χ3n) is 3.55. The van der Waals surface area contributed by atoms with Gasteiger partial charge in [0.15, 0.2) is 11.6 Å². The number of benzene rings is 2. The molecule has 1 aliphatic rings. The molecule has 0 fully saturated rings. The third kappa shape index (κ3) is 2.73. The number of nitrogens with zero attached hydrogens (tertiary/aromatic N) is 1. The van der Waals surface area contributed by atoms with Crippen LogP contribution in [0.3, 0.4) is 0 Å². The van der Waals surface area contributed by atoms with E-state index in [2.05, 4.69) is 0 Å². The first-order valence-electron chi connectivity index (χ1n) is 7.31. The first-order chi connectivity index (χ1) is 11.5. The Kier molecular flexibility index (Phi) is 4.49. The zero-order chi connectivity index (χ0) is 17.3. The summed E-state index contributed by atoms with van der Waals surface area (Å²) in [4.78, 5) is 26.7. The monoisotopic (exact) mass is 345 g/mol. The van der Waals surface area contributed by atoms with Crippen LogP contribution in [0.4, 0.5) is 14.5 Å². The molecule has 0 aromatic heterocycles. The largest absolute Gasteiger partial charge is 0.272 e. The maximum Gasteiger partial charge on any atom is 0.272 e. The summed E-state index contributed by atoms with van der Waals surface area (Å²) in [7, 11) is 0. The molecule has 6 heteroatoms. The maximum atomic E-state index is 13.5. The summed E-state index contributed by atoms with van der Waals surface area (Å²) in [6.07, 6.45) is 0. The predicted molar refractivity (Wildman–Crippen MR) is 90.3 cm³/mol. The van der Waals surface area contributed by atoms with Crippen LogP contribution in [0.15, 0.2) is 53.4 Å². The SMILES string of the molecule is CCSC1=C(c2ccccc2)C(=O)N(c2ccc(F)c(F)c2)C1=O. The Labute approximate surface area is 142 Å². The molecule has 1 aliphatic heterocycles. The maximum absolute atomic E-state index is 13.5. The van der Waals surface area contributed by atoms with Crippen molar-refractivity contribution in [3.63, 3.8) is 0 Å². The van der Waals surface area contributed by atoms with E-state index >= 15 is 0 Å². The molecule has 0 atom stereocenters. The normalized spacial score (nSPS) is 14.7. The van der Waals surface area contributed by atoms with Crippen LogP contribution in [0.5, 0.6) is 0 Å². The van der Waals surface area contributed by atoms with Gasteiger partial charge in [0.25, 0.3) is 11.8 Å². The molecule has 0 N–H and O–H groups in total. The smallest absolute Gasteiger partial charge is 0.268 e. The van der Waals surface area contributed by atoms with Gasteiger partial charge >= 0.3 is 0 Å². The first kappa shape index (κ1) is 16.4. The van der Waals surface area contributed by atoms with Crippen molar-refractivity contribution < 1.29 is 18.4 Å². The van der Waals surface area contributed by atoms with E-state index in [1.807, 2.05) is 13.0 Å². The summed E-state index contributed by atoms with van der Waals surface area (Å²) in [5, 5.41) is 0. The number of carbonyl (C=O) groups excluding carboxylic acids is 2. The molecule has 0 spiro atoms. The lowest BCUT2D eigenvalue weighted by Crippen LogP contribution is -2.31. The molecule has 0 aliphatic carbocycles.